The minimum atomic E-state index is -4.66. The van der Waals surface area contributed by atoms with Crippen molar-refractivity contribution < 1.29 is 31.1 Å². The Bertz CT molecular complexity index is 1620. The zero-order valence-corrected chi connectivity index (χ0v) is 22.3. The number of hydrogen-bond donors (Lipinski definition) is 4. The fraction of sp³-hybridized carbons (Fsp3) is 0.318. The summed E-state index contributed by atoms with van der Waals surface area (Å²) in [7, 11) is -3.64. The molecule has 0 radical (unpaired) electrons. The highest BCUT2D eigenvalue weighted by molar-refractivity contribution is 7.89. The number of sulfonamides is 1. The van der Waals surface area contributed by atoms with Crippen LogP contribution in [0.2, 0.25) is 5.02 Å². The van der Waals surface area contributed by atoms with Crippen molar-refractivity contribution in [1.29, 1.82) is 0 Å². The first-order chi connectivity index (χ1) is 17.6. The van der Waals surface area contributed by atoms with Crippen LogP contribution in [0, 0.1) is 0 Å². The van der Waals surface area contributed by atoms with Gasteiger partial charge in [0.25, 0.3) is 5.91 Å². The van der Waals surface area contributed by atoms with Crippen LogP contribution in [0.4, 0.5) is 24.0 Å². The first-order valence-corrected chi connectivity index (χ1v) is 13.9. The number of thiazole rings is 1. The van der Waals surface area contributed by atoms with Crippen LogP contribution in [0.25, 0.3) is 21.1 Å². The van der Waals surface area contributed by atoms with E-state index in [2.05, 4.69) is 25.8 Å². The Labute approximate surface area is 223 Å². The van der Waals surface area contributed by atoms with E-state index in [4.69, 9.17) is 21.5 Å². The fourth-order valence-electron chi connectivity index (χ4n) is 3.56. The van der Waals surface area contributed by atoms with Gasteiger partial charge in [-0.05, 0) is 38.5 Å². The van der Waals surface area contributed by atoms with Gasteiger partial charge in [0, 0.05) is 16.5 Å². The number of anilines is 2. The van der Waals surface area contributed by atoms with Crippen molar-refractivity contribution in [3.05, 3.63) is 41.0 Å². The van der Waals surface area contributed by atoms with Crippen LogP contribution >= 0.6 is 22.9 Å². The number of carbonyl (C=O) groups excluding carboxylic acids is 1. The average Bonchev–Trinajstić information content (AvgIpc) is 3.42. The Morgan fingerprint density at radius 2 is 2.00 bits per heavy atom. The van der Waals surface area contributed by atoms with E-state index in [-0.39, 0.29) is 45.4 Å². The molecule has 0 fully saturated rings. The highest BCUT2D eigenvalue weighted by atomic mass is 35.5. The Balaban J connectivity index is 1.55. The number of halogens is 4. The molecule has 2 aromatic heterocycles. The number of ether oxygens (including phenoxy) is 1. The van der Waals surface area contributed by atoms with E-state index in [1.165, 1.54) is 12.3 Å². The molecule has 0 spiro atoms. The normalized spacial score (nSPS) is 12.7. The van der Waals surface area contributed by atoms with Gasteiger partial charge in [-0.2, -0.15) is 18.3 Å². The lowest BCUT2D eigenvalue weighted by atomic mass is 10.0. The van der Waals surface area contributed by atoms with Crippen LogP contribution in [0.5, 0.6) is 5.75 Å². The van der Waals surface area contributed by atoms with Crippen molar-refractivity contribution in [2.45, 2.75) is 32.0 Å². The molecule has 0 atom stereocenters. The smallest absolute Gasteiger partial charge is 0.418 e. The molecule has 0 unspecified atom stereocenters. The molecule has 2 aromatic carbocycles. The molecular formula is C22H22ClF3N6O4S2. The number of primary sulfonamides is 1. The first-order valence-electron chi connectivity index (χ1n) is 11.0. The van der Waals surface area contributed by atoms with Crippen LogP contribution in [0.15, 0.2) is 30.5 Å². The number of rotatable bonds is 9. The van der Waals surface area contributed by atoms with E-state index < -0.39 is 33.2 Å². The molecule has 5 N–H and O–H groups in total. The second kappa shape index (κ2) is 10.2. The van der Waals surface area contributed by atoms with Gasteiger partial charge in [-0.3, -0.25) is 15.2 Å². The van der Waals surface area contributed by atoms with Crippen LogP contribution in [0.3, 0.4) is 0 Å². The third-order valence-electron chi connectivity index (χ3n) is 5.40. The summed E-state index contributed by atoms with van der Waals surface area (Å²) in [5, 5.41) is 17.7. The van der Waals surface area contributed by atoms with E-state index >= 15 is 0 Å². The summed E-state index contributed by atoms with van der Waals surface area (Å²) in [6, 6.07) is 5.58. The lowest BCUT2D eigenvalue weighted by molar-refractivity contribution is -0.136. The topological polar surface area (TPSA) is 152 Å². The number of aromatic nitrogens is 3. The highest BCUT2D eigenvalue weighted by Gasteiger charge is 2.36. The van der Waals surface area contributed by atoms with Gasteiger partial charge in [0.2, 0.25) is 10.0 Å². The molecule has 0 bridgehead atoms. The number of benzene rings is 2. The first kappa shape index (κ1) is 27.9. The zero-order chi connectivity index (χ0) is 27.9. The van der Waals surface area contributed by atoms with Gasteiger partial charge in [0.15, 0.2) is 5.13 Å². The number of hydrogen-bond acceptors (Lipinski definition) is 8. The SMILES string of the molecule is CC(C)(Nc1ccc(Cl)cc1OCCCS(N)(=O)=O)C(=O)Nc1nc2c(C(F)(F)F)cc3[nH]ncc3c2s1. The summed E-state index contributed by atoms with van der Waals surface area (Å²) >= 11 is 6.96. The van der Waals surface area contributed by atoms with Crippen molar-refractivity contribution in [3.8, 4) is 5.75 Å². The molecular weight excluding hydrogens is 569 g/mol. The number of amides is 1. The average molecular weight is 591 g/mol. The van der Waals surface area contributed by atoms with Crippen molar-refractivity contribution in [2.24, 2.45) is 5.14 Å². The second-order valence-corrected chi connectivity index (χ2v) is 12.0. The molecule has 0 saturated carbocycles. The maximum atomic E-state index is 13.7. The van der Waals surface area contributed by atoms with Crippen molar-refractivity contribution >= 4 is 70.8 Å². The highest BCUT2D eigenvalue weighted by Crippen LogP contribution is 2.41. The van der Waals surface area contributed by atoms with Gasteiger partial charge in [-0.25, -0.2) is 18.5 Å². The third-order valence-corrected chi connectivity index (χ3v) is 7.50. The summed E-state index contributed by atoms with van der Waals surface area (Å²) < 4.78 is 69.1. The van der Waals surface area contributed by atoms with Crippen LogP contribution in [0.1, 0.15) is 25.8 Å². The summed E-state index contributed by atoms with van der Waals surface area (Å²) in [6.07, 6.45) is -3.12. The maximum Gasteiger partial charge on any atom is 0.418 e. The molecule has 0 aliphatic heterocycles. The molecule has 4 aromatic rings. The molecule has 2 heterocycles. The van der Waals surface area contributed by atoms with Gasteiger partial charge in [-0.15, -0.1) is 0 Å². The van der Waals surface area contributed by atoms with Crippen LogP contribution in [-0.4, -0.2) is 47.4 Å². The monoisotopic (exact) mass is 590 g/mol. The Morgan fingerprint density at radius 1 is 1.26 bits per heavy atom. The Kier molecular flexibility index (Phi) is 7.49. The molecule has 4 rings (SSSR count). The molecule has 0 aliphatic rings. The molecule has 16 heteroatoms. The Hall–Kier alpha value is -3.14. The lowest BCUT2D eigenvalue weighted by Crippen LogP contribution is -2.44. The number of nitrogens with zero attached hydrogens (tertiary/aromatic N) is 2. The standard InChI is InChI=1S/C22H22ClF3N6O4S2/c1-21(2,31-14-5-4-11(23)8-16(14)36-6-3-7-38(27,34)35)19(33)30-20-29-17-13(22(24,25)26)9-15-12(10-28-32-15)18(17)37-20/h4-5,8-10,31H,3,6-7H2,1-2H3,(H,28,32)(H2,27,34,35)(H,29,30,33). The number of carbonyl (C=O) groups is 1. The summed E-state index contributed by atoms with van der Waals surface area (Å²) in [5.41, 5.74) is -1.93. The molecule has 38 heavy (non-hydrogen) atoms. The molecule has 0 saturated heterocycles. The van der Waals surface area contributed by atoms with E-state index in [9.17, 15) is 26.4 Å². The van der Waals surface area contributed by atoms with E-state index in [0.717, 1.165) is 17.4 Å². The van der Waals surface area contributed by atoms with Gasteiger partial charge in [-0.1, -0.05) is 22.9 Å². The summed E-state index contributed by atoms with van der Waals surface area (Å²) in [5.74, 6) is -0.582. The Morgan fingerprint density at radius 3 is 2.68 bits per heavy atom. The summed E-state index contributed by atoms with van der Waals surface area (Å²) in [6.45, 7) is 3.14. The quantitative estimate of drug-likeness (QED) is 0.206. The number of H-pyrrole nitrogens is 1. The molecule has 0 aliphatic carbocycles. The third kappa shape index (κ3) is 6.28. The minimum Gasteiger partial charge on any atom is -0.491 e. The van der Waals surface area contributed by atoms with Crippen molar-refractivity contribution in [3.63, 3.8) is 0 Å². The van der Waals surface area contributed by atoms with Gasteiger partial charge in [0.05, 0.1) is 45.5 Å². The number of nitrogens with two attached hydrogens (primary N) is 1. The van der Waals surface area contributed by atoms with Gasteiger partial charge < -0.3 is 10.1 Å². The van der Waals surface area contributed by atoms with E-state index in [0.29, 0.717) is 16.1 Å². The van der Waals surface area contributed by atoms with E-state index in [1.54, 1.807) is 26.0 Å². The van der Waals surface area contributed by atoms with Crippen molar-refractivity contribution in [2.75, 3.05) is 23.0 Å². The predicted molar refractivity (Wildman–Crippen MR) is 140 cm³/mol. The summed E-state index contributed by atoms with van der Waals surface area (Å²) in [4.78, 5) is 17.2. The van der Waals surface area contributed by atoms with Crippen LogP contribution in [-0.2, 0) is 21.0 Å². The second-order valence-electron chi connectivity index (χ2n) is 8.86. The lowest BCUT2D eigenvalue weighted by Gasteiger charge is -2.27. The predicted octanol–water partition coefficient (Wildman–Crippen LogP) is 4.73. The van der Waals surface area contributed by atoms with Crippen LogP contribution < -0.4 is 20.5 Å². The van der Waals surface area contributed by atoms with Crippen molar-refractivity contribution in [1.82, 2.24) is 15.2 Å². The molecule has 204 valence electrons. The minimum absolute atomic E-state index is 0.0188. The fourth-order valence-corrected chi connectivity index (χ4v) is 5.24. The molecule has 1 amide bonds. The number of fused-ring (bicyclic) bond motifs is 3. The zero-order valence-electron chi connectivity index (χ0n) is 19.9. The largest absolute Gasteiger partial charge is 0.491 e. The van der Waals surface area contributed by atoms with Gasteiger partial charge >= 0.3 is 6.18 Å². The van der Waals surface area contributed by atoms with Gasteiger partial charge in [0.1, 0.15) is 11.3 Å². The molecule has 10 nitrogen and oxygen atoms in total. The number of alkyl halides is 3. The maximum absolute atomic E-state index is 13.7. The number of nitrogens with one attached hydrogen (secondary N) is 3. The number of aromatic amines is 1. The van der Waals surface area contributed by atoms with E-state index in [1.807, 2.05) is 0 Å².